The Bertz CT molecular complexity index is 179. The molecule has 0 aliphatic heterocycles. The minimum Gasteiger partial charge on any atom is -0.390 e. The summed E-state index contributed by atoms with van der Waals surface area (Å²) in [5.41, 5.74) is -0.220. The van der Waals surface area contributed by atoms with Gasteiger partial charge in [-0.3, -0.25) is 0 Å². The predicted octanol–water partition coefficient (Wildman–Crippen LogP) is 2.60. The fourth-order valence-corrected chi connectivity index (χ4v) is 5.21. The second kappa shape index (κ2) is 5.35. The van der Waals surface area contributed by atoms with Crippen molar-refractivity contribution in [3.05, 3.63) is 12.7 Å². The van der Waals surface area contributed by atoms with E-state index in [2.05, 4.69) is 27.4 Å². The van der Waals surface area contributed by atoms with Crippen molar-refractivity contribution >= 4 is 13.8 Å². The molecule has 0 saturated heterocycles. The normalized spacial score (nSPS) is 13.8. The van der Waals surface area contributed by atoms with E-state index in [-0.39, 0.29) is 0 Å². The SMILES string of the molecule is C=CC(=N)C(O)[Si](CC)(CC)CC. The standard InChI is InChI=1S/C10H21NOSi/c1-5-9(11)10(12)13(6-2,7-3)8-4/h5,10-12H,1,6-8H2,2-4H3. The Labute approximate surface area is 82.2 Å². The molecule has 0 aliphatic carbocycles. The Balaban J connectivity index is 4.71. The highest BCUT2D eigenvalue weighted by atomic mass is 28.3. The summed E-state index contributed by atoms with van der Waals surface area (Å²) in [6.07, 6.45) is 1.47. The van der Waals surface area contributed by atoms with E-state index in [9.17, 15) is 5.11 Å². The Hall–Kier alpha value is -0.413. The van der Waals surface area contributed by atoms with Crippen LogP contribution in [0.3, 0.4) is 0 Å². The van der Waals surface area contributed by atoms with Crippen LogP contribution in [0, 0.1) is 5.41 Å². The minimum absolute atomic E-state index is 0.303. The fraction of sp³-hybridized carbons (Fsp3) is 0.700. The highest BCUT2D eigenvalue weighted by molar-refractivity contribution is 6.83. The maximum Gasteiger partial charge on any atom is 0.0942 e. The molecule has 3 heteroatoms. The zero-order valence-corrected chi connectivity index (χ0v) is 9.93. The van der Waals surface area contributed by atoms with E-state index in [0.29, 0.717) is 5.71 Å². The van der Waals surface area contributed by atoms with Crippen LogP contribution in [0.5, 0.6) is 0 Å². The highest BCUT2D eigenvalue weighted by Gasteiger charge is 2.36. The first-order valence-corrected chi connectivity index (χ1v) is 7.66. The van der Waals surface area contributed by atoms with Gasteiger partial charge in [0, 0.05) is 0 Å². The van der Waals surface area contributed by atoms with Crippen LogP contribution in [0.2, 0.25) is 18.1 Å². The van der Waals surface area contributed by atoms with Crippen LogP contribution in [0.25, 0.3) is 0 Å². The number of aliphatic hydroxyl groups is 1. The van der Waals surface area contributed by atoms with Crippen molar-refractivity contribution in [3.63, 3.8) is 0 Å². The van der Waals surface area contributed by atoms with Crippen LogP contribution in [-0.4, -0.2) is 24.6 Å². The first kappa shape index (κ1) is 12.6. The molecule has 1 atom stereocenters. The van der Waals surface area contributed by atoms with Crippen LogP contribution in [0.1, 0.15) is 20.8 Å². The summed E-state index contributed by atoms with van der Waals surface area (Å²) in [5.74, 6) is 0. The molecule has 0 rings (SSSR count). The molecule has 0 fully saturated rings. The highest BCUT2D eigenvalue weighted by Crippen LogP contribution is 2.24. The fourth-order valence-electron chi connectivity index (χ4n) is 1.77. The summed E-state index contributed by atoms with van der Waals surface area (Å²) in [4.78, 5) is 0. The second-order valence-electron chi connectivity index (χ2n) is 3.49. The van der Waals surface area contributed by atoms with Gasteiger partial charge in [-0.25, -0.2) is 0 Å². The molecule has 0 aliphatic rings. The first-order chi connectivity index (χ1) is 6.07. The van der Waals surface area contributed by atoms with Gasteiger partial charge in [0.15, 0.2) is 0 Å². The van der Waals surface area contributed by atoms with Crippen LogP contribution >= 0.6 is 0 Å². The van der Waals surface area contributed by atoms with Gasteiger partial charge in [0.2, 0.25) is 0 Å². The van der Waals surface area contributed by atoms with Gasteiger partial charge >= 0.3 is 0 Å². The Morgan fingerprint density at radius 3 is 2.00 bits per heavy atom. The molecule has 13 heavy (non-hydrogen) atoms. The molecule has 0 heterocycles. The molecular formula is C10H21NOSi. The Morgan fingerprint density at radius 1 is 1.38 bits per heavy atom. The average molecular weight is 199 g/mol. The molecular weight excluding hydrogens is 178 g/mol. The Kier molecular flexibility index (Phi) is 5.18. The van der Waals surface area contributed by atoms with E-state index in [1.807, 2.05) is 0 Å². The summed E-state index contributed by atoms with van der Waals surface area (Å²) < 4.78 is 0. The zero-order valence-electron chi connectivity index (χ0n) is 8.93. The van der Waals surface area contributed by atoms with Gasteiger partial charge in [-0.15, -0.1) is 0 Å². The maximum absolute atomic E-state index is 9.99. The lowest BCUT2D eigenvalue weighted by molar-refractivity contribution is 0.304. The quantitative estimate of drug-likeness (QED) is 0.501. The largest absolute Gasteiger partial charge is 0.390 e. The third-order valence-electron chi connectivity index (χ3n) is 3.21. The van der Waals surface area contributed by atoms with Gasteiger partial charge in [0.25, 0.3) is 0 Å². The summed E-state index contributed by atoms with van der Waals surface area (Å²) in [6, 6.07) is 3.12. The summed E-state index contributed by atoms with van der Waals surface area (Å²) in [5, 5.41) is 17.6. The van der Waals surface area contributed by atoms with Crippen molar-refractivity contribution in [1.82, 2.24) is 0 Å². The Morgan fingerprint density at radius 2 is 1.77 bits per heavy atom. The third-order valence-corrected chi connectivity index (χ3v) is 8.90. The number of aliphatic hydroxyl groups excluding tert-OH is 1. The van der Waals surface area contributed by atoms with Gasteiger partial charge in [-0.1, -0.05) is 45.5 Å². The molecule has 0 aromatic rings. The predicted molar refractivity (Wildman–Crippen MR) is 61.1 cm³/mol. The van der Waals surface area contributed by atoms with Gasteiger partial charge in [0.1, 0.15) is 0 Å². The second-order valence-corrected chi connectivity index (χ2v) is 8.88. The molecule has 2 N–H and O–H groups in total. The molecule has 0 aromatic carbocycles. The van der Waals surface area contributed by atoms with E-state index >= 15 is 0 Å². The number of rotatable bonds is 6. The van der Waals surface area contributed by atoms with E-state index in [4.69, 9.17) is 5.41 Å². The van der Waals surface area contributed by atoms with Gasteiger partial charge in [-0.2, -0.15) is 0 Å². The van der Waals surface area contributed by atoms with Crippen LogP contribution < -0.4 is 0 Å². The lowest BCUT2D eigenvalue weighted by Gasteiger charge is -2.32. The molecule has 0 aromatic heterocycles. The molecule has 0 amide bonds. The van der Waals surface area contributed by atoms with E-state index in [1.165, 1.54) is 6.08 Å². The summed E-state index contributed by atoms with van der Waals surface area (Å²) >= 11 is 0. The van der Waals surface area contributed by atoms with Crippen molar-refractivity contribution in [2.45, 2.75) is 44.6 Å². The monoisotopic (exact) mass is 199 g/mol. The zero-order chi connectivity index (χ0) is 10.5. The number of nitrogens with one attached hydrogen (secondary N) is 1. The third kappa shape index (κ3) is 2.51. The summed E-state index contributed by atoms with van der Waals surface area (Å²) in [7, 11) is -1.65. The smallest absolute Gasteiger partial charge is 0.0942 e. The van der Waals surface area contributed by atoms with Crippen molar-refractivity contribution in [2.24, 2.45) is 0 Å². The van der Waals surface area contributed by atoms with Crippen LogP contribution in [0.15, 0.2) is 12.7 Å². The maximum atomic E-state index is 9.99. The molecule has 1 unspecified atom stereocenters. The lowest BCUT2D eigenvalue weighted by Crippen LogP contribution is -2.49. The topological polar surface area (TPSA) is 44.1 Å². The average Bonchev–Trinajstić information content (AvgIpc) is 2.20. The van der Waals surface area contributed by atoms with Crippen molar-refractivity contribution in [2.75, 3.05) is 0 Å². The first-order valence-electron chi connectivity index (χ1n) is 4.96. The van der Waals surface area contributed by atoms with Crippen LogP contribution in [0.4, 0.5) is 0 Å². The molecule has 0 spiro atoms. The van der Waals surface area contributed by atoms with Crippen molar-refractivity contribution in [1.29, 1.82) is 5.41 Å². The minimum atomic E-state index is -1.65. The number of hydrogen-bond acceptors (Lipinski definition) is 2. The molecule has 0 bridgehead atoms. The van der Waals surface area contributed by atoms with E-state index < -0.39 is 13.8 Å². The van der Waals surface area contributed by atoms with E-state index in [1.54, 1.807) is 0 Å². The van der Waals surface area contributed by atoms with Crippen molar-refractivity contribution < 1.29 is 5.11 Å². The number of hydrogen-bond donors (Lipinski definition) is 2. The summed E-state index contributed by atoms with van der Waals surface area (Å²) in [6.45, 7) is 9.91. The van der Waals surface area contributed by atoms with Gasteiger partial charge in [0.05, 0.1) is 19.5 Å². The molecule has 0 saturated carbocycles. The lowest BCUT2D eigenvalue weighted by atomic mass is 10.4. The molecule has 76 valence electrons. The van der Waals surface area contributed by atoms with Crippen molar-refractivity contribution in [3.8, 4) is 0 Å². The van der Waals surface area contributed by atoms with Gasteiger partial charge in [-0.05, 0) is 6.08 Å². The molecule has 2 nitrogen and oxygen atoms in total. The van der Waals surface area contributed by atoms with E-state index in [0.717, 1.165) is 18.1 Å². The van der Waals surface area contributed by atoms with Crippen LogP contribution in [-0.2, 0) is 0 Å². The molecule has 0 radical (unpaired) electrons. The van der Waals surface area contributed by atoms with Gasteiger partial charge < -0.3 is 10.5 Å².